The number of carbonyl (C=O) groups is 1. The van der Waals surface area contributed by atoms with E-state index in [0.29, 0.717) is 0 Å². The highest BCUT2D eigenvalue weighted by atomic mass is 16.4. The van der Waals surface area contributed by atoms with Crippen molar-refractivity contribution in [1.29, 1.82) is 0 Å². The van der Waals surface area contributed by atoms with Gasteiger partial charge in [-0.15, -0.1) is 0 Å². The number of hydrogen-bond donors (Lipinski definition) is 3. The van der Waals surface area contributed by atoms with E-state index in [1.165, 1.54) is 0 Å². The zero-order chi connectivity index (χ0) is 11.3. The molecule has 0 saturated carbocycles. The number of hydrogen-bond acceptors (Lipinski definition) is 1. The monoisotopic (exact) mass is 214 g/mol. The minimum atomic E-state index is -0.939. The van der Waals surface area contributed by atoms with E-state index in [9.17, 15) is 4.79 Å². The van der Waals surface area contributed by atoms with E-state index in [1.807, 2.05) is 25.1 Å². The van der Waals surface area contributed by atoms with Crippen LogP contribution in [0.25, 0.3) is 21.9 Å². The molecule has 2 heterocycles. The van der Waals surface area contributed by atoms with Crippen LogP contribution in [-0.4, -0.2) is 21.0 Å². The van der Waals surface area contributed by atoms with Crippen molar-refractivity contribution < 1.29 is 9.90 Å². The summed E-state index contributed by atoms with van der Waals surface area (Å²) >= 11 is 0. The number of aromatic amines is 2. The van der Waals surface area contributed by atoms with Gasteiger partial charge in [0.25, 0.3) is 0 Å². The largest absolute Gasteiger partial charge is 0.477 e. The molecule has 0 spiro atoms. The summed E-state index contributed by atoms with van der Waals surface area (Å²) in [6, 6.07) is 7.73. The van der Waals surface area contributed by atoms with E-state index < -0.39 is 5.97 Å². The van der Waals surface area contributed by atoms with E-state index in [1.54, 1.807) is 6.07 Å². The Kier molecular flexibility index (Phi) is 1.63. The number of H-pyrrole nitrogens is 2. The summed E-state index contributed by atoms with van der Waals surface area (Å²) < 4.78 is 0. The van der Waals surface area contributed by atoms with Crippen LogP contribution in [0.4, 0.5) is 0 Å². The average Bonchev–Trinajstić information content (AvgIpc) is 2.75. The van der Waals surface area contributed by atoms with Crippen LogP contribution < -0.4 is 0 Å². The Bertz CT molecular complexity index is 706. The zero-order valence-electron chi connectivity index (χ0n) is 8.66. The van der Waals surface area contributed by atoms with Crippen molar-refractivity contribution in [2.24, 2.45) is 0 Å². The van der Waals surface area contributed by atoms with Gasteiger partial charge in [0.2, 0.25) is 0 Å². The van der Waals surface area contributed by atoms with E-state index in [0.717, 1.165) is 27.5 Å². The molecular weight excluding hydrogens is 204 g/mol. The SMILES string of the molecule is Cc1ccc2[nH]c3[nH]c(C(=O)O)cc3c2c1. The molecule has 0 aliphatic carbocycles. The number of carboxylic acids is 1. The summed E-state index contributed by atoms with van der Waals surface area (Å²) in [6.07, 6.45) is 0. The van der Waals surface area contributed by atoms with Gasteiger partial charge in [0.1, 0.15) is 11.3 Å². The van der Waals surface area contributed by atoms with Crippen LogP contribution in [0.1, 0.15) is 16.1 Å². The lowest BCUT2D eigenvalue weighted by molar-refractivity contribution is 0.0691. The van der Waals surface area contributed by atoms with Gasteiger partial charge in [0.05, 0.1) is 0 Å². The first-order chi connectivity index (χ1) is 7.65. The number of nitrogens with one attached hydrogen (secondary N) is 2. The smallest absolute Gasteiger partial charge is 0.352 e. The van der Waals surface area contributed by atoms with Gasteiger partial charge in [0, 0.05) is 16.3 Å². The van der Waals surface area contributed by atoms with Gasteiger partial charge in [-0.25, -0.2) is 4.79 Å². The fourth-order valence-corrected chi connectivity index (χ4v) is 2.01. The maximum Gasteiger partial charge on any atom is 0.352 e. The first-order valence-electron chi connectivity index (χ1n) is 4.99. The van der Waals surface area contributed by atoms with Crippen molar-refractivity contribution in [3.05, 3.63) is 35.5 Å². The molecule has 16 heavy (non-hydrogen) atoms. The summed E-state index contributed by atoms with van der Waals surface area (Å²) in [7, 11) is 0. The summed E-state index contributed by atoms with van der Waals surface area (Å²) in [6.45, 7) is 2.02. The van der Waals surface area contributed by atoms with Gasteiger partial charge >= 0.3 is 5.97 Å². The van der Waals surface area contributed by atoms with Crippen LogP contribution >= 0.6 is 0 Å². The van der Waals surface area contributed by atoms with Crippen LogP contribution in [0.3, 0.4) is 0 Å². The predicted molar refractivity (Wildman–Crippen MR) is 61.9 cm³/mol. The molecule has 0 saturated heterocycles. The number of aryl methyl sites for hydroxylation is 1. The van der Waals surface area contributed by atoms with Crippen molar-refractivity contribution in [1.82, 2.24) is 9.97 Å². The van der Waals surface area contributed by atoms with Crippen molar-refractivity contribution in [2.45, 2.75) is 6.92 Å². The molecule has 0 bridgehead atoms. The van der Waals surface area contributed by atoms with Gasteiger partial charge in [-0.1, -0.05) is 11.6 Å². The minimum Gasteiger partial charge on any atom is -0.477 e. The number of aromatic carboxylic acids is 1. The first kappa shape index (κ1) is 9.03. The highest BCUT2D eigenvalue weighted by Crippen LogP contribution is 2.26. The molecule has 4 heteroatoms. The van der Waals surface area contributed by atoms with Crippen LogP contribution in [0.15, 0.2) is 24.3 Å². The third-order valence-electron chi connectivity index (χ3n) is 2.77. The molecular formula is C12H10N2O2. The maximum atomic E-state index is 10.8. The zero-order valence-corrected chi connectivity index (χ0v) is 8.66. The van der Waals surface area contributed by atoms with Gasteiger partial charge in [-0.2, -0.15) is 0 Å². The molecule has 3 aromatic rings. The second kappa shape index (κ2) is 2.88. The van der Waals surface area contributed by atoms with Crippen LogP contribution in [-0.2, 0) is 0 Å². The maximum absolute atomic E-state index is 10.8. The Morgan fingerprint density at radius 1 is 1.19 bits per heavy atom. The Morgan fingerprint density at radius 2 is 2.00 bits per heavy atom. The topological polar surface area (TPSA) is 68.9 Å². The summed E-state index contributed by atoms with van der Waals surface area (Å²) in [5, 5.41) is 10.9. The van der Waals surface area contributed by atoms with Crippen molar-refractivity contribution in [3.8, 4) is 0 Å². The van der Waals surface area contributed by atoms with Gasteiger partial charge in [0.15, 0.2) is 0 Å². The second-order valence-electron chi connectivity index (χ2n) is 3.95. The number of carboxylic acid groups (broad SMARTS) is 1. The summed E-state index contributed by atoms with van der Waals surface area (Å²) in [4.78, 5) is 16.8. The number of aromatic nitrogens is 2. The van der Waals surface area contributed by atoms with Gasteiger partial charge in [-0.05, 0) is 25.1 Å². The molecule has 1 aromatic carbocycles. The lowest BCUT2D eigenvalue weighted by Gasteiger charge is -1.92. The lowest BCUT2D eigenvalue weighted by atomic mass is 10.1. The Hall–Kier alpha value is -2.23. The first-order valence-corrected chi connectivity index (χ1v) is 4.99. The standard InChI is InChI=1S/C12H10N2O2/c1-6-2-3-9-7(4-6)8-5-10(12(15)16)14-11(8)13-9/h2-5,13-14H,1H3,(H,15,16). The number of rotatable bonds is 1. The minimum absolute atomic E-state index is 0.213. The Morgan fingerprint density at radius 3 is 2.75 bits per heavy atom. The molecule has 0 atom stereocenters. The van der Waals surface area contributed by atoms with Crippen LogP contribution in [0.2, 0.25) is 0 Å². The third kappa shape index (κ3) is 1.13. The molecule has 80 valence electrons. The van der Waals surface area contributed by atoms with E-state index >= 15 is 0 Å². The Labute approximate surface area is 90.9 Å². The van der Waals surface area contributed by atoms with Crippen LogP contribution in [0.5, 0.6) is 0 Å². The average molecular weight is 214 g/mol. The molecule has 4 nitrogen and oxygen atoms in total. The molecule has 0 aliphatic heterocycles. The predicted octanol–water partition coefficient (Wildman–Crippen LogP) is 2.66. The van der Waals surface area contributed by atoms with E-state index in [2.05, 4.69) is 9.97 Å². The van der Waals surface area contributed by atoms with E-state index in [4.69, 9.17) is 5.11 Å². The molecule has 3 rings (SSSR count). The molecule has 3 N–H and O–H groups in total. The molecule has 0 amide bonds. The molecule has 0 fully saturated rings. The quantitative estimate of drug-likeness (QED) is 0.582. The fourth-order valence-electron chi connectivity index (χ4n) is 2.01. The molecule has 0 unspecified atom stereocenters. The van der Waals surface area contributed by atoms with Gasteiger partial charge < -0.3 is 15.1 Å². The third-order valence-corrected chi connectivity index (χ3v) is 2.77. The second-order valence-corrected chi connectivity index (χ2v) is 3.95. The van der Waals surface area contributed by atoms with Crippen molar-refractivity contribution >= 4 is 27.9 Å². The van der Waals surface area contributed by atoms with Gasteiger partial charge in [-0.3, -0.25) is 0 Å². The highest BCUT2D eigenvalue weighted by molar-refractivity contribution is 6.09. The summed E-state index contributed by atoms with van der Waals surface area (Å²) in [5.41, 5.74) is 3.15. The lowest BCUT2D eigenvalue weighted by Crippen LogP contribution is -1.95. The van der Waals surface area contributed by atoms with Crippen LogP contribution in [0, 0.1) is 6.92 Å². The number of benzene rings is 1. The molecule has 2 aromatic heterocycles. The molecule has 0 radical (unpaired) electrons. The Balaban J connectivity index is 2.40. The molecule has 0 aliphatic rings. The van der Waals surface area contributed by atoms with Crippen molar-refractivity contribution in [3.63, 3.8) is 0 Å². The highest BCUT2D eigenvalue weighted by Gasteiger charge is 2.11. The number of fused-ring (bicyclic) bond motifs is 3. The van der Waals surface area contributed by atoms with E-state index in [-0.39, 0.29) is 5.69 Å². The fraction of sp³-hybridized carbons (Fsp3) is 0.0833. The summed E-state index contributed by atoms with van der Waals surface area (Å²) in [5.74, 6) is -0.939. The van der Waals surface area contributed by atoms with Crippen molar-refractivity contribution in [2.75, 3.05) is 0 Å². The normalized spacial score (nSPS) is 11.3.